The number of hydrogen-bond acceptors (Lipinski definition) is 4. The number of halogens is 1. The monoisotopic (exact) mass is 305 g/mol. The minimum absolute atomic E-state index is 0.399. The average Bonchev–Trinajstić information content (AvgIpc) is 3.01. The van der Waals surface area contributed by atoms with Gasteiger partial charge in [-0.15, -0.1) is 11.3 Å². The SMILES string of the molecule is COc1ccc(C(Cl)=C(C#N)c2cccs2)cc1OC. The van der Waals surface area contributed by atoms with E-state index in [1.807, 2.05) is 17.5 Å². The predicted octanol–water partition coefficient (Wildman–Crippen LogP) is 4.40. The van der Waals surface area contributed by atoms with E-state index >= 15 is 0 Å². The van der Waals surface area contributed by atoms with Crippen LogP contribution in [0.1, 0.15) is 10.4 Å². The molecule has 0 amide bonds. The van der Waals surface area contributed by atoms with E-state index in [0.717, 1.165) is 4.88 Å². The zero-order chi connectivity index (χ0) is 14.5. The Kier molecular flexibility index (Phi) is 4.67. The number of nitrogens with zero attached hydrogens (tertiary/aromatic N) is 1. The summed E-state index contributed by atoms with van der Waals surface area (Å²) in [5, 5.41) is 11.6. The summed E-state index contributed by atoms with van der Waals surface area (Å²) in [4.78, 5) is 0.840. The van der Waals surface area contributed by atoms with Crippen molar-refractivity contribution in [3.8, 4) is 17.6 Å². The van der Waals surface area contributed by atoms with E-state index in [0.29, 0.717) is 27.7 Å². The molecule has 0 saturated carbocycles. The highest BCUT2D eigenvalue weighted by Crippen LogP contribution is 2.36. The van der Waals surface area contributed by atoms with Gasteiger partial charge in [-0.25, -0.2) is 0 Å². The van der Waals surface area contributed by atoms with E-state index in [9.17, 15) is 5.26 Å². The van der Waals surface area contributed by atoms with Gasteiger partial charge in [0.1, 0.15) is 6.07 Å². The van der Waals surface area contributed by atoms with Gasteiger partial charge in [0.15, 0.2) is 11.5 Å². The standard InChI is InChI=1S/C15H12ClNO2S/c1-18-12-6-5-10(8-13(12)19-2)15(16)11(9-17)14-4-3-7-20-14/h3-8H,1-2H3. The van der Waals surface area contributed by atoms with Gasteiger partial charge in [0.2, 0.25) is 0 Å². The third-order valence-corrected chi connectivity index (χ3v) is 4.03. The predicted molar refractivity (Wildman–Crippen MR) is 82.1 cm³/mol. The van der Waals surface area contributed by atoms with Crippen molar-refractivity contribution >= 4 is 33.5 Å². The molecule has 0 unspecified atom stereocenters. The third kappa shape index (κ3) is 2.79. The Labute approximate surface area is 126 Å². The van der Waals surface area contributed by atoms with Crippen LogP contribution in [0.15, 0.2) is 35.7 Å². The van der Waals surface area contributed by atoms with Crippen molar-refractivity contribution < 1.29 is 9.47 Å². The molecule has 3 nitrogen and oxygen atoms in total. The van der Waals surface area contributed by atoms with Gasteiger partial charge in [0.25, 0.3) is 0 Å². The highest BCUT2D eigenvalue weighted by Gasteiger charge is 2.13. The molecule has 0 spiro atoms. The molecule has 0 atom stereocenters. The lowest BCUT2D eigenvalue weighted by Gasteiger charge is -2.09. The van der Waals surface area contributed by atoms with Crippen LogP contribution >= 0.6 is 22.9 Å². The van der Waals surface area contributed by atoms with E-state index in [1.54, 1.807) is 32.4 Å². The fourth-order valence-corrected chi connectivity index (χ4v) is 2.79. The number of rotatable bonds is 4. The summed E-state index contributed by atoms with van der Waals surface area (Å²) in [6.07, 6.45) is 0. The zero-order valence-electron chi connectivity index (χ0n) is 11.0. The Morgan fingerprint density at radius 1 is 1.20 bits per heavy atom. The minimum atomic E-state index is 0.399. The van der Waals surface area contributed by atoms with Crippen molar-refractivity contribution in [2.24, 2.45) is 0 Å². The first-order chi connectivity index (χ1) is 9.71. The molecular weight excluding hydrogens is 294 g/mol. The lowest BCUT2D eigenvalue weighted by Crippen LogP contribution is -1.92. The maximum Gasteiger partial charge on any atom is 0.161 e. The van der Waals surface area contributed by atoms with E-state index in [-0.39, 0.29) is 0 Å². The largest absolute Gasteiger partial charge is 0.493 e. The van der Waals surface area contributed by atoms with Crippen molar-refractivity contribution in [2.45, 2.75) is 0 Å². The Morgan fingerprint density at radius 2 is 1.95 bits per heavy atom. The van der Waals surface area contributed by atoms with Gasteiger partial charge in [-0.3, -0.25) is 0 Å². The van der Waals surface area contributed by atoms with Crippen LogP contribution in [0.3, 0.4) is 0 Å². The Balaban J connectivity index is 2.52. The summed E-state index contributed by atoms with van der Waals surface area (Å²) in [5.41, 5.74) is 1.17. The van der Waals surface area contributed by atoms with Crippen molar-refractivity contribution in [1.29, 1.82) is 5.26 Å². The van der Waals surface area contributed by atoms with Gasteiger partial charge in [-0.05, 0) is 35.2 Å². The van der Waals surface area contributed by atoms with Crippen LogP contribution in [0.2, 0.25) is 0 Å². The summed E-state index contributed by atoms with van der Waals surface area (Å²) in [6, 6.07) is 11.2. The average molecular weight is 306 g/mol. The molecule has 0 bridgehead atoms. The lowest BCUT2D eigenvalue weighted by molar-refractivity contribution is 0.355. The number of thiophene rings is 1. The lowest BCUT2D eigenvalue weighted by atomic mass is 10.1. The molecule has 2 rings (SSSR count). The fourth-order valence-electron chi connectivity index (χ4n) is 1.75. The normalized spacial score (nSPS) is 11.5. The van der Waals surface area contributed by atoms with Crippen molar-refractivity contribution in [3.63, 3.8) is 0 Å². The topological polar surface area (TPSA) is 42.2 Å². The summed E-state index contributed by atoms with van der Waals surface area (Å²) in [7, 11) is 3.13. The molecule has 5 heteroatoms. The fraction of sp³-hybridized carbons (Fsp3) is 0.133. The van der Waals surface area contributed by atoms with Crippen molar-refractivity contribution in [3.05, 3.63) is 46.2 Å². The van der Waals surface area contributed by atoms with Crippen molar-refractivity contribution in [1.82, 2.24) is 0 Å². The number of benzene rings is 1. The first-order valence-corrected chi connectivity index (χ1v) is 7.03. The van der Waals surface area contributed by atoms with Crippen LogP contribution in [0, 0.1) is 11.3 Å². The van der Waals surface area contributed by atoms with Gasteiger partial charge >= 0.3 is 0 Å². The summed E-state index contributed by atoms with van der Waals surface area (Å²) >= 11 is 7.83. The molecule has 0 aliphatic carbocycles. The van der Waals surface area contributed by atoms with E-state index in [2.05, 4.69) is 6.07 Å². The van der Waals surface area contributed by atoms with Crippen LogP contribution in [0.5, 0.6) is 11.5 Å². The molecule has 102 valence electrons. The first kappa shape index (κ1) is 14.4. The number of methoxy groups -OCH3 is 2. The molecule has 0 aliphatic heterocycles. The molecule has 0 aliphatic rings. The quantitative estimate of drug-likeness (QED) is 0.786. The molecule has 20 heavy (non-hydrogen) atoms. The van der Waals surface area contributed by atoms with Crippen LogP contribution in [0.4, 0.5) is 0 Å². The van der Waals surface area contributed by atoms with E-state index < -0.39 is 0 Å². The Hall–Kier alpha value is -1.96. The summed E-state index contributed by atoms with van der Waals surface area (Å²) in [6.45, 7) is 0. The van der Waals surface area contributed by atoms with Gasteiger partial charge in [-0.2, -0.15) is 5.26 Å². The molecule has 1 aromatic heterocycles. The van der Waals surface area contributed by atoms with Crippen LogP contribution in [-0.2, 0) is 0 Å². The first-order valence-electron chi connectivity index (χ1n) is 5.77. The molecule has 0 saturated heterocycles. The van der Waals surface area contributed by atoms with E-state index in [1.165, 1.54) is 11.3 Å². The second-order valence-corrected chi connectivity index (χ2v) is 5.17. The van der Waals surface area contributed by atoms with Gasteiger partial charge in [0, 0.05) is 4.88 Å². The van der Waals surface area contributed by atoms with Crippen LogP contribution < -0.4 is 9.47 Å². The summed E-state index contributed by atoms with van der Waals surface area (Å²) < 4.78 is 10.4. The molecule has 2 aromatic rings. The van der Waals surface area contributed by atoms with Gasteiger partial charge < -0.3 is 9.47 Å². The smallest absolute Gasteiger partial charge is 0.161 e. The number of nitriles is 1. The Morgan fingerprint density at radius 3 is 2.50 bits per heavy atom. The third-order valence-electron chi connectivity index (χ3n) is 2.74. The zero-order valence-corrected chi connectivity index (χ0v) is 12.6. The molecule has 1 heterocycles. The second kappa shape index (κ2) is 6.47. The maximum atomic E-state index is 9.32. The van der Waals surface area contributed by atoms with Gasteiger partial charge in [0.05, 0.1) is 24.8 Å². The highest BCUT2D eigenvalue weighted by atomic mass is 35.5. The second-order valence-electron chi connectivity index (χ2n) is 3.85. The Bertz CT molecular complexity index is 672. The summed E-state index contributed by atoms with van der Waals surface area (Å²) in [5.74, 6) is 1.20. The van der Waals surface area contributed by atoms with Crippen LogP contribution in [-0.4, -0.2) is 14.2 Å². The number of hydrogen-bond donors (Lipinski definition) is 0. The van der Waals surface area contributed by atoms with Crippen molar-refractivity contribution in [2.75, 3.05) is 14.2 Å². The molecule has 1 aromatic carbocycles. The van der Waals surface area contributed by atoms with Gasteiger partial charge in [-0.1, -0.05) is 17.7 Å². The molecule has 0 radical (unpaired) electrons. The molecular formula is C15H12ClNO2S. The molecule has 0 N–H and O–H groups in total. The van der Waals surface area contributed by atoms with Crippen LogP contribution in [0.25, 0.3) is 10.6 Å². The molecule has 0 fully saturated rings. The highest BCUT2D eigenvalue weighted by molar-refractivity contribution is 7.11. The number of allylic oxidation sites excluding steroid dienone is 1. The maximum absolute atomic E-state index is 9.32. The number of ether oxygens (including phenoxy) is 2. The van der Waals surface area contributed by atoms with E-state index in [4.69, 9.17) is 21.1 Å². The minimum Gasteiger partial charge on any atom is -0.493 e.